The molecule has 2 rings (SSSR count). The molecule has 0 amide bonds. The van der Waals surface area contributed by atoms with Crippen LogP contribution in [0, 0.1) is 0 Å². The lowest BCUT2D eigenvalue weighted by atomic mass is 10.8. The summed E-state index contributed by atoms with van der Waals surface area (Å²) in [5, 5.41) is 5.42. The van der Waals surface area contributed by atoms with E-state index in [1.165, 1.54) is 18.6 Å². The highest BCUT2D eigenvalue weighted by Gasteiger charge is 1.73. The Hall–Kier alpha value is -1.78. The summed E-state index contributed by atoms with van der Waals surface area (Å²) < 4.78 is 8.61. The van der Waals surface area contributed by atoms with Crippen molar-refractivity contribution in [3.05, 3.63) is 41.2 Å². The minimum atomic E-state index is -0.199. The lowest BCUT2D eigenvalue weighted by Gasteiger charge is -1.54. The van der Waals surface area contributed by atoms with Crippen molar-refractivity contribution in [2.24, 2.45) is 0 Å². The van der Waals surface area contributed by atoms with Crippen molar-refractivity contribution in [1.29, 1.82) is 0 Å². The van der Waals surface area contributed by atoms with Crippen LogP contribution in [0.15, 0.2) is 44.7 Å². The average molecular weight is 154 g/mol. The second-order valence-electron chi connectivity index (χ2n) is 1.58. The maximum Gasteiger partial charge on any atom is 0.279 e. The van der Waals surface area contributed by atoms with E-state index in [1.54, 1.807) is 12.3 Å². The van der Waals surface area contributed by atoms with Crippen LogP contribution in [0.1, 0.15) is 0 Å². The molecule has 0 spiro atoms. The SMILES string of the molecule is O=c1cco[nH]1.c1cnoc1. The second kappa shape index (κ2) is 4.10. The zero-order valence-electron chi connectivity index (χ0n) is 5.56. The zero-order valence-corrected chi connectivity index (χ0v) is 5.56. The van der Waals surface area contributed by atoms with Gasteiger partial charge in [0.1, 0.15) is 12.5 Å². The summed E-state index contributed by atoms with van der Waals surface area (Å²) in [6.45, 7) is 0. The highest BCUT2D eigenvalue weighted by atomic mass is 16.5. The van der Waals surface area contributed by atoms with Gasteiger partial charge in [-0.1, -0.05) is 5.16 Å². The van der Waals surface area contributed by atoms with Crippen molar-refractivity contribution in [1.82, 2.24) is 10.3 Å². The third kappa shape index (κ3) is 3.04. The van der Waals surface area contributed by atoms with E-state index in [4.69, 9.17) is 0 Å². The van der Waals surface area contributed by atoms with Gasteiger partial charge in [0, 0.05) is 6.07 Å². The zero-order chi connectivity index (χ0) is 7.94. The highest BCUT2D eigenvalue weighted by Crippen LogP contribution is 1.72. The van der Waals surface area contributed by atoms with Crippen LogP contribution in [-0.2, 0) is 0 Å². The van der Waals surface area contributed by atoms with Crippen LogP contribution >= 0.6 is 0 Å². The van der Waals surface area contributed by atoms with Gasteiger partial charge in [-0.2, -0.15) is 5.16 Å². The van der Waals surface area contributed by atoms with Gasteiger partial charge in [-0.3, -0.25) is 4.79 Å². The van der Waals surface area contributed by atoms with E-state index in [1.807, 2.05) is 0 Å². The number of aromatic nitrogens is 2. The molecule has 1 N–H and O–H groups in total. The maximum absolute atomic E-state index is 9.92. The molecule has 5 heteroatoms. The van der Waals surface area contributed by atoms with E-state index in [0.29, 0.717) is 0 Å². The maximum atomic E-state index is 9.92. The highest BCUT2D eigenvalue weighted by molar-refractivity contribution is 4.71. The van der Waals surface area contributed by atoms with Gasteiger partial charge in [0.2, 0.25) is 0 Å². The average Bonchev–Trinajstić information content (AvgIpc) is 2.57. The standard InChI is InChI=1S/C3H3NO2.C3H3NO/c5-3-1-2-6-4-3;1-2-4-5-3-1/h1-2H,(H,4,5);1-3H. The number of H-pyrrole nitrogens is 1. The third-order valence-corrected chi connectivity index (χ3v) is 0.794. The van der Waals surface area contributed by atoms with Crippen LogP contribution in [0.5, 0.6) is 0 Å². The van der Waals surface area contributed by atoms with Gasteiger partial charge in [-0.05, 0) is 6.07 Å². The number of hydrogen-bond acceptors (Lipinski definition) is 4. The van der Waals surface area contributed by atoms with Crippen molar-refractivity contribution in [2.45, 2.75) is 0 Å². The molecule has 0 unspecified atom stereocenters. The van der Waals surface area contributed by atoms with E-state index in [0.717, 1.165) is 0 Å². The molecule has 2 aromatic heterocycles. The van der Waals surface area contributed by atoms with E-state index in [2.05, 4.69) is 19.4 Å². The Bertz CT molecular complexity index is 274. The summed E-state index contributed by atoms with van der Waals surface area (Å²) in [6, 6.07) is 3.03. The van der Waals surface area contributed by atoms with Crippen LogP contribution in [0.2, 0.25) is 0 Å². The van der Waals surface area contributed by atoms with Crippen LogP contribution in [0.25, 0.3) is 0 Å². The van der Waals surface area contributed by atoms with E-state index >= 15 is 0 Å². The van der Waals surface area contributed by atoms with E-state index in [-0.39, 0.29) is 5.56 Å². The summed E-state index contributed by atoms with van der Waals surface area (Å²) in [5.74, 6) is 0. The van der Waals surface area contributed by atoms with Gasteiger partial charge in [0.25, 0.3) is 5.56 Å². The van der Waals surface area contributed by atoms with Crippen molar-refractivity contribution in [2.75, 3.05) is 0 Å². The predicted molar refractivity (Wildman–Crippen MR) is 35.8 cm³/mol. The fraction of sp³-hybridized carbons (Fsp3) is 0. The first kappa shape index (κ1) is 7.33. The van der Waals surface area contributed by atoms with Crippen molar-refractivity contribution < 1.29 is 9.05 Å². The van der Waals surface area contributed by atoms with Crippen molar-refractivity contribution in [3.8, 4) is 0 Å². The Balaban J connectivity index is 0.000000112. The number of aromatic amines is 1. The molecule has 0 aliphatic rings. The molecule has 0 atom stereocenters. The predicted octanol–water partition coefficient (Wildman–Crippen LogP) is 0.642. The molecule has 5 nitrogen and oxygen atoms in total. The molecule has 0 radical (unpaired) electrons. The molecule has 0 bridgehead atoms. The molecule has 2 aromatic rings. The molecule has 0 aliphatic heterocycles. The number of nitrogens with one attached hydrogen (secondary N) is 1. The molecule has 0 aliphatic carbocycles. The van der Waals surface area contributed by atoms with Crippen molar-refractivity contribution >= 4 is 0 Å². The molecular weight excluding hydrogens is 148 g/mol. The van der Waals surface area contributed by atoms with Crippen LogP contribution in [0.3, 0.4) is 0 Å². The van der Waals surface area contributed by atoms with Gasteiger partial charge < -0.3 is 9.05 Å². The van der Waals surface area contributed by atoms with Crippen molar-refractivity contribution in [3.63, 3.8) is 0 Å². The Morgan fingerprint density at radius 1 is 1.45 bits per heavy atom. The summed E-state index contributed by atoms with van der Waals surface area (Å²) in [6.07, 6.45) is 4.39. The normalized spacial score (nSPS) is 8.36. The molecule has 11 heavy (non-hydrogen) atoms. The molecule has 0 saturated carbocycles. The first-order valence-electron chi connectivity index (χ1n) is 2.86. The van der Waals surface area contributed by atoms with Gasteiger partial charge in [0.15, 0.2) is 0 Å². The largest absolute Gasteiger partial charge is 0.387 e. The summed E-state index contributed by atoms with van der Waals surface area (Å²) in [5.41, 5.74) is -0.199. The summed E-state index contributed by atoms with van der Waals surface area (Å²) in [7, 11) is 0. The summed E-state index contributed by atoms with van der Waals surface area (Å²) >= 11 is 0. The number of hydrogen-bond donors (Lipinski definition) is 1. The Labute approximate surface area is 61.6 Å². The van der Waals surface area contributed by atoms with Gasteiger partial charge in [-0.25, -0.2) is 0 Å². The second-order valence-corrected chi connectivity index (χ2v) is 1.58. The Kier molecular flexibility index (Phi) is 2.73. The van der Waals surface area contributed by atoms with Crippen LogP contribution < -0.4 is 5.56 Å². The summed E-state index contributed by atoms with van der Waals surface area (Å²) in [4.78, 5) is 9.92. The molecule has 0 saturated heterocycles. The molecule has 58 valence electrons. The van der Waals surface area contributed by atoms with E-state index in [9.17, 15) is 4.79 Å². The van der Waals surface area contributed by atoms with Crippen LogP contribution in [-0.4, -0.2) is 10.3 Å². The van der Waals surface area contributed by atoms with Gasteiger partial charge in [0.05, 0.1) is 6.20 Å². The fourth-order valence-electron chi connectivity index (χ4n) is 0.398. The number of nitrogens with zero attached hydrogens (tertiary/aromatic N) is 1. The van der Waals surface area contributed by atoms with Crippen LogP contribution in [0.4, 0.5) is 0 Å². The first-order chi connectivity index (χ1) is 5.39. The Morgan fingerprint density at radius 2 is 2.36 bits per heavy atom. The molecule has 0 fully saturated rings. The Morgan fingerprint density at radius 3 is 2.55 bits per heavy atom. The topological polar surface area (TPSA) is 72.0 Å². The molecule has 0 aromatic carbocycles. The van der Waals surface area contributed by atoms with Gasteiger partial charge in [-0.15, -0.1) is 0 Å². The van der Waals surface area contributed by atoms with E-state index < -0.39 is 0 Å². The minimum absolute atomic E-state index is 0.199. The molecular formula is C6H6N2O3. The fourth-order valence-corrected chi connectivity index (χ4v) is 0.398. The lowest BCUT2D eigenvalue weighted by Crippen LogP contribution is -1.91. The minimum Gasteiger partial charge on any atom is -0.387 e. The lowest BCUT2D eigenvalue weighted by molar-refractivity contribution is 0.413. The number of rotatable bonds is 0. The van der Waals surface area contributed by atoms with Gasteiger partial charge >= 0.3 is 0 Å². The molecule has 2 heterocycles. The monoisotopic (exact) mass is 154 g/mol. The smallest absolute Gasteiger partial charge is 0.279 e. The first-order valence-corrected chi connectivity index (χ1v) is 2.86. The third-order valence-electron chi connectivity index (χ3n) is 0.794. The quantitative estimate of drug-likeness (QED) is 0.604.